The topological polar surface area (TPSA) is 73.6 Å². The number of halogens is 3. The second-order valence-corrected chi connectivity index (χ2v) is 7.31. The molecule has 0 aliphatic rings. The van der Waals surface area contributed by atoms with E-state index in [1.807, 2.05) is 6.07 Å². The molecule has 3 aromatic carbocycles. The maximum atomic E-state index is 13.5. The molecule has 5 nitrogen and oxygen atoms in total. The molecule has 150 valence electrons. The molecule has 0 atom stereocenters. The monoisotopic (exact) mass is 452 g/mol. The predicted octanol–water partition coefficient (Wildman–Crippen LogP) is 6.15. The second-order valence-electron chi connectivity index (χ2n) is 5.76. The summed E-state index contributed by atoms with van der Waals surface area (Å²) in [6.45, 7) is 0. The average Bonchev–Trinajstić information content (AvgIpc) is 2.68. The number of carbonyl (C=O) groups is 1. The number of carbonyl (C=O) groups excluding carboxylic acids is 1. The SMILES string of the molecule is COc1cc(F)ccc1Oc1cc(Cl)cc(Cl)c1C(=O)Nc1cccc(SN)c1. The van der Waals surface area contributed by atoms with E-state index < -0.39 is 11.7 Å². The van der Waals surface area contributed by atoms with Crippen molar-refractivity contribution >= 4 is 46.7 Å². The summed E-state index contributed by atoms with van der Waals surface area (Å²) in [6, 6.07) is 13.6. The highest BCUT2D eigenvalue weighted by Gasteiger charge is 2.20. The van der Waals surface area contributed by atoms with Crippen molar-refractivity contribution in [3.8, 4) is 17.2 Å². The van der Waals surface area contributed by atoms with Crippen molar-refractivity contribution in [3.05, 3.63) is 76.0 Å². The number of amides is 1. The van der Waals surface area contributed by atoms with Crippen LogP contribution in [0.15, 0.2) is 59.5 Å². The third-order valence-corrected chi connectivity index (χ3v) is 4.86. The molecule has 0 bridgehead atoms. The molecule has 29 heavy (non-hydrogen) atoms. The fourth-order valence-electron chi connectivity index (χ4n) is 2.54. The van der Waals surface area contributed by atoms with Gasteiger partial charge in [0.2, 0.25) is 0 Å². The quantitative estimate of drug-likeness (QED) is 0.438. The van der Waals surface area contributed by atoms with Gasteiger partial charge in [0.15, 0.2) is 11.5 Å². The van der Waals surface area contributed by atoms with Crippen LogP contribution in [-0.4, -0.2) is 13.0 Å². The first-order valence-electron chi connectivity index (χ1n) is 8.20. The first kappa shape index (κ1) is 21.3. The zero-order valence-corrected chi connectivity index (χ0v) is 17.4. The second kappa shape index (κ2) is 9.37. The zero-order valence-electron chi connectivity index (χ0n) is 15.0. The van der Waals surface area contributed by atoms with E-state index in [-0.39, 0.29) is 32.9 Å². The fourth-order valence-corrected chi connectivity index (χ4v) is 3.45. The van der Waals surface area contributed by atoms with Crippen molar-refractivity contribution in [2.75, 3.05) is 12.4 Å². The van der Waals surface area contributed by atoms with Gasteiger partial charge in [-0.2, -0.15) is 0 Å². The minimum Gasteiger partial charge on any atom is -0.493 e. The Bertz CT molecular complexity index is 1070. The number of anilines is 1. The summed E-state index contributed by atoms with van der Waals surface area (Å²) in [7, 11) is 1.38. The Hall–Kier alpha value is -2.45. The number of hydrogen-bond donors (Lipinski definition) is 2. The lowest BCUT2D eigenvalue weighted by Crippen LogP contribution is -2.14. The Balaban J connectivity index is 1.98. The van der Waals surface area contributed by atoms with Crippen molar-refractivity contribution in [1.29, 1.82) is 0 Å². The molecule has 0 aromatic heterocycles. The number of methoxy groups -OCH3 is 1. The lowest BCUT2D eigenvalue weighted by atomic mass is 10.1. The largest absolute Gasteiger partial charge is 0.493 e. The lowest BCUT2D eigenvalue weighted by molar-refractivity contribution is 0.102. The fraction of sp³-hybridized carbons (Fsp3) is 0.0500. The van der Waals surface area contributed by atoms with Crippen molar-refractivity contribution in [2.45, 2.75) is 4.90 Å². The van der Waals surface area contributed by atoms with Crippen LogP contribution in [0.2, 0.25) is 10.0 Å². The summed E-state index contributed by atoms with van der Waals surface area (Å²) in [6.07, 6.45) is 0. The molecular formula is C20H15Cl2FN2O3S. The van der Waals surface area contributed by atoms with Gasteiger partial charge < -0.3 is 14.8 Å². The highest BCUT2D eigenvalue weighted by atomic mass is 35.5. The van der Waals surface area contributed by atoms with Gasteiger partial charge in [0.1, 0.15) is 17.1 Å². The van der Waals surface area contributed by atoms with E-state index in [9.17, 15) is 9.18 Å². The lowest BCUT2D eigenvalue weighted by Gasteiger charge is -2.15. The molecule has 0 heterocycles. The van der Waals surface area contributed by atoms with E-state index in [0.717, 1.165) is 22.9 Å². The van der Waals surface area contributed by atoms with Crippen LogP contribution >= 0.6 is 35.1 Å². The zero-order chi connectivity index (χ0) is 21.0. The summed E-state index contributed by atoms with van der Waals surface area (Å²) in [5, 5.41) is 8.67. The summed E-state index contributed by atoms with van der Waals surface area (Å²) in [5.41, 5.74) is 0.593. The molecule has 0 unspecified atom stereocenters. The van der Waals surface area contributed by atoms with E-state index in [2.05, 4.69) is 5.32 Å². The molecule has 9 heteroatoms. The molecule has 0 fully saturated rings. The van der Waals surface area contributed by atoms with Gasteiger partial charge in [-0.25, -0.2) is 4.39 Å². The molecule has 0 saturated carbocycles. The van der Waals surface area contributed by atoms with E-state index in [4.69, 9.17) is 37.8 Å². The highest BCUT2D eigenvalue weighted by Crippen LogP contribution is 2.38. The summed E-state index contributed by atoms with van der Waals surface area (Å²) < 4.78 is 24.4. The Morgan fingerprint density at radius 1 is 1.07 bits per heavy atom. The van der Waals surface area contributed by atoms with Crippen LogP contribution in [0.1, 0.15) is 10.4 Å². The van der Waals surface area contributed by atoms with Gasteiger partial charge in [0.25, 0.3) is 5.91 Å². The summed E-state index contributed by atoms with van der Waals surface area (Å²) in [5.74, 6) is -0.562. The highest BCUT2D eigenvalue weighted by molar-refractivity contribution is 7.97. The maximum Gasteiger partial charge on any atom is 0.260 e. The minimum atomic E-state index is -0.512. The van der Waals surface area contributed by atoms with Gasteiger partial charge in [0.05, 0.1) is 12.1 Å². The van der Waals surface area contributed by atoms with Crippen LogP contribution in [-0.2, 0) is 0 Å². The molecule has 0 radical (unpaired) electrons. The third kappa shape index (κ3) is 5.13. The van der Waals surface area contributed by atoms with Gasteiger partial charge in [-0.15, -0.1) is 0 Å². The third-order valence-electron chi connectivity index (χ3n) is 3.82. The van der Waals surface area contributed by atoms with Crippen LogP contribution in [0.4, 0.5) is 10.1 Å². The van der Waals surface area contributed by atoms with Crippen molar-refractivity contribution in [1.82, 2.24) is 0 Å². The Kier molecular flexibility index (Phi) is 6.87. The van der Waals surface area contributed by atoms with Crippen LogP contribution in [0.25, 0.3) is 0 Å². The standard InChI is InChI=1S/C20H15Cl2FN2O3S/c1-27-17-9-12(23)5-6-16(17)28-18-8-11(21)7-15(22)19(18)20(26)25-13-3-2-4-14(10-13)29-24/h2-10H,24H2,1H3,(H,25,26). The number of nitrogens with two attached hydrogens (primary N) is 1. The normalized spacial score (nSPS) is 10.5. The van der Waals surface area contributed by atoms with Crippen LogP contribution < -0.4 is 19.9 Å². The maximum absolute atomic E-state index is 13.5. The first-order chi connectivity index (χ1) is 13.9. The molecule has 3 N–H and O–H groups in total. The Morgan fingerprint density at radius 3 is 2.59 bits per heavy atom. The van der Waals surface area contributed by atoms with Crippen LogP contribution in [0.5, 0.6) is 17.2 Å². The molecule has 0 aliphatic heterocycles. The summed E-state index contributed by atoms with van der Waals surface area (Å²) in [4.78, 5) is 13.7. The van der Waals surface area contributed by atoms with Gasteiger partial charge in [0, 0.05) is 27.7 Å². The molecular weight excluding hydrogens is 438 g/mol. The molecule has 0 saturated heterocycles. The van der Waals surface area contributed by atoms with Crippen LogP contribution in [0, 0.1) is 5.82 Å². The minimum absolute atomic E-state index is 0.0632. The summed E-state index contributed by atoms with van der Waals surface area (Å²) >= 11 is 13.4. The number of benzene rings is 3. The van der Waals surface area contributed by atoms with Crippen LogP contribution in [0.3, 0.4) is 0 Å². The molecule has 0 aliphatic carbocycles. The van der Waals surface area contributed by atoms with E-state index in [1.165, 1.54) is 31.4 Å². The molecule has 0 spiro atoms. The predicted molar refractivity (Wildman–Crippen MR) is 114 cm³/mol. The van der Waals surface area contributed by atoms with Gasteiger partial charge in [-0.05, 0) is 48.3 Å². The Morgan fingerprint density at radius 2 is 1.86 bits per heavy atom. The van der Waals surface area contributed by atoms with Crippen molar-refractivity contribution in [3.63, 3.8) is 0 Å². The van der Waals surface area contributed by atoms with Gasteiger partial charge in [-0.1, -0.05) is 29.3 Å². The average molecular weight is 453 g/mol. The smallest absolute Gasteiger partial charge is 0.260 e. The number of hydrogen-bond acceptors (Lipinski definition) is 5. The number of ether oxygens (including phenoxy) is 2. The first-order valence-corrected chi connectivity index (χ1v) is 9.83. The molecule has 1 amide bonds. The van der Waals surface area contributed by atoms with Gasteiger partial charge >= 0.3 is 0 Å². The van der Waals surface area contributed by atoms with Gasteiger partial charge in [-0.3, -0.25) is 9.93 Å². The van der Waals surface area contributed by atoms with E-state index in [1.54, 1.807) is 18.2 Å². The number of rotatable bonds is 6. The Labute approximate surface area is 181 Å². The molecule has 3 rings (SSSR count). The van der Waals surface area contributed by atoms with Crippen molar-refractivity contribution in [2.24, 2.45) is 5.14 Å². The van der Waals surface area contributed by atoms with E-state index >= 15 is 0 Å². The van der Waals surface area contributed by atoms with Crippen molar-refractivity contribution < 1.29 is 18.7 Å². The molecule has 3 aromatic rings. The number of nitrogens with one attached hydrogen (secondary N) is 1. The van der Waals surface area contributed by atoms with E-state index in [0.29, 0.717) is 5.69 Å².